The molecule has 78 valence electrons. The number of carboxylic acids is 1. The van der Waals surface area contributed by atoms with Crippen molar-refractivity contribution in [3.63, 3.8) is 0 Å². The van der Waals surface area contributed by atoms with E-state index in [-0.39, 0.29) is 6.61 Å². The van der Waals surface area contributed by atoms with Gasteiger partial charge in [-0.1, -0.05) is 30.3 Å². The van der Waals surface area contributed by atoms with E-state index >= 15 is 0 Å². The van der Waals surface area contributed by atoms with Crippen LogP contribution in [0, 0.1) is 0 Å². The second-order valence-corrected chi connectivity index (χ2v) is 2.75. The van der Waals surface area contributed by atoms with Crippen molar-refractivity contribution < 1.29 is 19.4 Å². The summed E-state index contributed by atoms with van der Waals surface area (Å²) < 4.78 is 4.76. The third kappa shape index (κ3) is 4.61. The molecule has 0 heterocycles. The summed E-state index contributed by atoms with van der Waals surface area (Å²) in [6.45, 7) is 0.122. The van der Waals surface area contributed by atoms with Crippen LogP contribution in [0.1, 0.15) is 5.56 Å². The van der Waals surface area contributed by atoms with Gasteiger partial charge in [-0.3, -0.25) is 0 Å². The Hall–Kier alpha value is -2.10. The van der Waals surface area contributed by atoms with Gasteiger partial charge in [-0.05, 0) is 11.6 Å². The average molecular weight is 205 g/mol. The number of rotatable bonds is 4. The van der Waals surface area contributed by atoms with E-state index in [0.717, 1.165) is 11.6 Å². The van der Waals surface area contributed by atoms with Crippen LogP contribution < -0.4 is 5.11 Å². The zero-order valence-corrected chi connectivity index (χ0v) is 7.88. The van der Waals surface area contributed by atoms with Gasteiger partial charge in [0.05, 0.1) is 5.97 Å². The first kappa shape index (κ1) is 11.0. The van der Waals surface area contributed by atoms with Gasteiger partial charge in [0.1, 0.15) is 6.61 Å². The SMILES string of the molecule is O=C([O-])/C=C\C(=O)OCc1ccccc1. The standard InChI is InChI=1S/C11H10O4/c12-10(13)6-7-11(14)15-8-9-4-2-1-3-5-9/h1-7H,8H2,(H,12,13)/p-1/b7-6-. The molecular formula is C11H9O4-. The van der Waals surface area contributed by atoms with Crippen LogP contribution in [0.4, 0.5) is 0 Å². The second kappa shape index (κ2) is 5.59. The molecule has 4 nitrogen and oxygen atoms in total. The largest absolute Gasteiger partial charge is 0.545 e. The van der Waals surface area contributed by atoms with Gasteiger partial charge in [0.2, 0.25) is 0 Å². The summed E-state index contributed by atoms with van der Waals surface area (Å²) in [5.41, 5.74) is 0.840. The fraction of sp³-hybridized carbons (Fsp3) is 0.0909. The molecule has 0 aromatic heterocycles. The molecule has 0 amide bonds. The highest BCUT2D eigenvalue weighted by molar-refractivity contribution is 5.89. The molecule has 0 spiro atoms. The number of aliphatic carboxylic acids is 1. The minimum atomic E-state index is -1.42. The summed E-state index contributed by atoms with van der Waals surface area (Å²) in [6, 6.07) is 9.09. The van der Waals surface area contributed by atoms with E-state index in [1.165, 1.54) is 0 Å². The number of benzene rings is 1. The third-order valence-electron chi connectivity index (χ3n) is 1.58. The smallest absolute Gasteiger partial charge is 0.331 e. The summed E-state index contributed by atoms with van der Waals surface area (Å²) >= 11 is 0. The Morgan fingerprint density at radius 1 is 1.20 bits per heavy atom. The van der Waals surface area contributed by atoms with E-state index in [2.05, 4.69) is 0 Å². The molecule has 1 aromatic carbocycles. The van der Waals surface area contributed by atoms with E-state index < -0.39 is 11.9 Å². The minimum absolute atomic E-state index is 0.122. The maximum absolute atomic E-state index is 10.9. The minimum Gasteiger partial charge on any atom is -0.545 e. The Balaban J connectivity index is 2.38. The van der Waals surface area contributed by atoms with Crippen LogP contribution in [0.5, 0.6) is 0 Å². The van der Waals surface area contributed by atoms with Gasteiger partial charge in [0, 0.05) is 6.08 Å². The quantitative estimate of drug-likeness (QED) is 0.514. The van der Waals surface area contributed by atoms with Crippen LogP contribution in [-0.2, 0) is 20.9 Å². The molecule has 1 aromatic rings. The molecule has 0 bridgehead atoms. The molecule has 0 atom stereocenters. The van der Waals surface area contributed by atoms with Gasteiger partial charge in [-0.25, -0.2) is 4.79 Å². The summed E-state index contributed by atoms with van der Waals surface area (Å²) in [5.74, 6) is -2.13. The zero-order valence-electron chi connectivity index (χ0n) is 7.88. The van der Waals surface area contributed by atoms with E-state index in [1.807, 2.05) is 18.2 Å². The van der Waals surface area contributed by atoms with Crippen LogP contribution in [0.2, 0.25) is 0 Å². The maximum Gasteiger partial charge on any atom is 0.331 e. The van der Waals surface area contributed by atoms with E-state index in [1.54, 1.807) is 12.1 Å². The van der Waals surface area contributed by atoms with E-state index in [4.69, 9.17) is 4.74 Å². The molecule has 0 fully saturated rings. The van der Waals surface area contributed by atoms with Gasteiger partial charge in [-0.2, -0.15) is 0 Å². The first-order chi connectivity index (χ1) is 7.18. The van der Waals surface area contributed by atoms with Crippen LogP contribution in [-0.4, -0.2) is 11.9 Å². The highest BCUT2D eigenvalue weighted by Crippen LogP contribution is 2.00. The maximum atomic E-state index is 10.9. The van der Waals surface area contributed by atoms with Crippen LogP contribution in [0.25, 0.3) is 0 Å². The molecule has 0 saturated heterocycles. The van der Waals surface area contributed by atoms with E-state index in [9.17, 15) is 14.7 Å². The van der Waals surface area contributed by atoms with Gasteiger partial charge in [-0.15, -0.1) is 0 Å². The van der Waals surface area contributed by atoms with Crippen LogP contribution in [0.15, 0.2) is 42.5 Å². The fourth-order valence-electron chi connectivity index (χ4n) is 0.913. The molecule has 0 radical (unpaired) electrons. The van der Waals surface area contributed by atoms with Crippen molar-refractivity contribution in [1.82, 2.24) is 0 Å². The zero-order chi connectivity index (χ0) is 11.1. The van der Waals surface area contributed by atoms with Gasteiger partial charge >= 0.3 is 5.97 Å². The monoisotopic (exact) mass is 205 g/mol. The first-order valence-electron chi connectivity index (χ1n) is 4.28. The topological polar surface area (TPSA) is 66.4 Å². The van der Waals surface area contributed by atoms with Crippen LogP contribution >= 0.6 is 0 Å². The molecule has 1 rings (SSSR count). The average Bonchev–Trinajstić information content (AvgIpc) is 2.25. The lowest BCUT2D eigenvalue weighted by molar-refractivity contribution is -0.297. The molecule has 0 N–H and O–H groups in total. The van der Waals surface area contributed by atoms with E-state index in [0.29, 0.717) is 6.08 Å². The number of esters is 1. The Labute approximate surface area is 86.8 Å². The molecule has 0 unspecified atom stereocenters. The predicted octanol–water partition coefficient (Wildman–Crippen LogP) is 0.0359. The van der Waals surface area contributed by atoms with Gasteiger partial charge in [0.25, 0.3) is 0 Å². The second-order valence-electron chi connectivity index (χ2n) is 2.75. The summed E-state index contributed by atoms with van der Waals surface area (Å²) in [6.07, 6.45) is 1.45. The predicted molar refractivity (Wildman–Crippen MR) is 50.4 cm³/mol. The highest BCUT2D eigenvalue weighted by Gasteiger charge is 1.97. The number of carbonyl (C=O) groups excluding carboxylic acids is 2. The Morgan fingerprint density at radius 3 is 2.47 bits per heavy atom. The van der Waals surface area contributed by atoms with Crippen molar-refractivity contribution in [2.24, 2.45) is 0 Å². The number of ether oxygens (including phenoxy) is 1. The molecule has 0 aliphatic heterocycles. The number of carbonyl (C=O) groups is 2. The fourth-order valence-corrected chi connectivity index (χ4v) is 0.913. The molecule has 0 aliphatic carbocycles. The normalized spacial score (nSPS) is 10.1. The van der Waals surface area contributed by atoms with Crippen molar-refractivity contribution in [2.45, 2.75) is 6.61 Å². The van der Waals surface area contributed by atoms with Crippen molar-refractivity contribution in [2.75, 3.05) is 0 Å². The molecular weight excluding hydrogens is 196 g/mol. The molecule has 0 saturated carbocycles. The van der Waals surface area contributed by atoms with Gasteiger partial charge < -0.3 is 14.6 Å². The van der Waals surface area contributed by atoms with Crippen molar-refractivity contribution in [3.8, 4) is 0 Å². The summed E-state index contributed by atoms with van der Waals surface area (Å²) in [4.78, 5) is 20.9. The van der Waals surface area contributed by atoms with Gasteiger partial charge in [0.15, 0.2) is 0 Å². The van der Waals surface area contributed by atoms with Crippen molar-refractivity contribution >= 4 is 11.9 Å². The summed E-state index contributed by atoms with van der Waals surface area (Å²) in [7, 11) is 0. The Bertz CT molecular complexity index is 367. The lowest BCUT2D eigenvalue weighted by atomic mass is 10.2. The third-order valence-corrected chi connectivity index (χ3v) is 1.58. The summed E-state index contributed by atoms with van der Waals surface area (Å²) in [5, 5.41) is 9.97. The Morgan fingerprint density at radius 2 is 1.87 bits per heavy atom. The van der Waals surface area contributed by atoms with Crippen molar-refractivity contribution in [1.29, 1.82) is 0 Å². The lowest BCUT2D eigenvalue weighted by Crippen LogP contribution is -2.19. The Kier molecular flexibility index (Phi) is 4.09. The molecule has 4 heteroatoms. The molecule has 0 aliphatic rings. The number of hydrogen-bond acceptors (Lipinski definition) is 4. The first-order valence-corrected chi connectivity index (χ1v) is 4.28. The molecule has 15 heavy (non-hydrogen) atoms. The highest BCUT2D eigenvalue weighted by atomic mass is 16.5. The van der Waals surface area contributed by atoms with Crippen molar-refractivity contribution in [3.05, 3.63) is 48.0 Å². The number of hydrogen-bond donors (Lipinski definition) is 0. The van der Waals surface area contributed by atoms with Crippen LogP contribution in [0.3, 0.4) is 0 Å². The lowest BCUT2D eigenvalue weighted by Gasteiger charge is -2.01. The number of carboxylic acid groups (broad SMARTS) is 1.